The second-order valence-corrected chi connectivity index (χ2v) is 5.38. The molecule has 1 N–H and O–H groups in total. The number of amides is 1. The van der Waals surface area contributed by atoms with Gasteiger partial charge in [-0.25, -0.2) is 0 Å². The van der Waals surface area contributed by atoms with Crippen LogP contribution in [0.5, 0.6) is 5.75 Å². The van der Waals surface area contributed by atoms with E-state index in [9.17, 15) is 4.79 Å². The van der Waals surface area contributed by atoms with E-state index in [2.05, 4.69) is 5.32 Å². The molecule has 1 aromatic rings. The molecule has 5 heteroatoms. The lowest BCUT2D eigenvalue weighted by Gasteiger charge is -2.32. The van der Waals surface area contributed by atoms with E-state index < -0.39 is 0 Å². The molecule has 0 unspecified atom stereocenters. The lowest BCUT2D eigenvalue weighted by Crippen LogP contribution is -2.56. The molecular formula is C16H24N2O3. The first kappa shape index (κ1) is 15.8. The van der Waals surface area contributed by atoms with Gasteiger partial charge in [-0.05, 0) is 25.5 Å². The van der Waals surface area contributed by atoms with Gasteiger partial charge in [0.25, 0.3) is 0 Å². The average molecular weight is 292 g/mol. The summed E-state index contributed by atoms with van der Waals surface area (Å²) in [5.41, 5.74) is 1.10. The second-order valence-electron chi connectivity index (χ2n) is 5.38. The Balaban J connectivity index is 1.80. The summed E-state index contributed by atoms with van der Waals surface area (Å²) < 4.78 is 11.2. The molecule has 5 nitrogen and oxygen atoms in total. The van der Waals surface area contributed by atoms with Gasteiger partial charge in [-0.15, -0.1) is 0 Å². The van der Waals surface area contributed by atoms with E-state index in [1.807, 2.05) is 38.1 Å². The zero-order chi connectivity index (χ0) is 15.2. The third kappa shape index (κ3) is 4.19. The first-order valence-electron chi connectivity index (χ1n) is 7.38. The minimum Gasteiger partial charge on any atom is -0.491 e. The van der Waals surface area contributed by atoms with Crippen molar-refractivity contribution in [1.29, 1.82) is 0 Å². The third-order valence-electron chi connectivity index (χ3n) is 3.74. The maximum Gasteiger partial charge on any atom is 0.242 e. The predicted molar refractivity (Wildman–Crippen MR) is 81.5 cm³/mol. The first-order valence-corrected chi connectivity index (χ1v) is 7.38. The molecule has 1 aliphatic heterocycles. The Morgan fingerprint density at radius 1 is 1.48 bits per heavy atom. The lowest BCUT2D eigenvalue weighted by molar-refractivity contribution is -0.138. The van der Waals surface area contributed by atoms with Crippen LogP contribution >= 0.6 is 0 Å². The monoisotopic (exact) mass is 292 g/mol. The van der Waals surface area contributed by atoms with E-state index in [1.165, 1.54) is 0 Å². The summed E-state index contributed by atoms with van der Waals surface area (Å²) in [7, 11) is 1.80. The Hall–Kier alpha value is -1.59. The highest BCUT2D eigenvalue weighted by Gasteiger charge is 2.30. The van der Waals surface area contributed by atoms with Crippen LogP contribution < -0.4 is 10.1 Å². The van der Waals surface area contributed by atoms with Crippen molar-refractivity contribution in [3.8, 4) is 5.75 Å². The number of carbonyl (C=O) groups excluding carboxylic acids is 1. The summed E-state index contributed by atoms with van der Waals surface area (Å²) >= 11 is 0. The fraction of sp³-hybridized carbons (Fsp3) is 0.562. The maximum absolute atomic E-state index is 12.3. The van der Waals surface area contributed by atoms with Gasteiger partial charge in [0.1, 0.15) is 18.4 Å². The van der Waals surface area contributed by atoms with E-state index in [-0.39, 0.29) is 18.1 Å². The topological polar surface area (TPSA) is 50.8 Å². The molecule has 2 atom stereocenters. The van der Waals surface area contributed by atoms with Crippen LogP contribution in [0.3, 0.4) is 0 Å². The van der Waals surface area contributed by atoms with Crippen molar-refractivity contribution in [3.05, 3.63) is 29.8 Å². The molecular weight excluding hydrogens is 268 g/mol. The van der Waals surface area contributed by atoms with Crippen LogP contribution in [0.1, 0.15) is 12.5 Å². The summed E-state index contributed by atoms with van der Waals surface area (Å²) in [6.45, 7) is 6.34. The van der Waals surface area contributed by atoms with Gasteiger partial charge < -0.3 is 19.7 Å². The number of benzene rings is 1. The molecule has 1 aliphatic rings. The standard InChI is InChI=1S/C16H24N2O3/c1-12-6-4-5-7-14(12)21-11-9-18(3)16(19)15-13(2)20-10-8-17-15/h4-7,13,15,17H,8-11H2,1-3H3/t13-,15+/m1/s1. The Kier molecular flexibility index (Phi) is 5.59. The molecule has 0 aromatic heterocycles. The van der Waals surface area contributed by atoms with Crippen LogP contribution in [0, 0.1) is 6.92 Å². The highest BCUT2D eigenvalue weighted by molar-refractivity contribution is 5.82. The number of hydrogen-bond acceptors (Lipinski definition) is 4. The van der Waals surface area contributed by atoms with Crippen molar-refractivity contribution in [1.82, 2.24) is 10.2 Å². The van der Waals surface area contributed by atoms with Crippen molar-refractivity contribution in [2.45, 2.75) is 26.0 Å². The highest BCUT2D eigenvalue weighted by atomic mass is 16.5. The van der Waals surface area contributed by atoms with Crippen molar-refractivity contribution >= 4 is 5.91 Å². The Labute approximate surface area is 126 Å². The number of nitrogens with one attached hydrogen (secondary N) is 1. The Morgan fingerprint density at radius 2 is 2.24 bits per heavy atom. The molecule has 21 heavy (non-hydrogen) atoms. The molecule has 1 aromatic carbocycles. The number of likely N-dealkylation sites (N-methyl/N-ethyl adjacent to an activating group) is 1. The van der Waals surface area contributed by atoms with Crippen LogP contribution in [0.15, 0.2) is 24.3 Å². The molecule has 0 spiro atoms. The molecule has 2 rings (SSSR count). The largest absolute Gasteiger partial charge is 0.491 e. The van der Waals surface area contributed by atoms with E-state index in [0.29, 0.717) is 26.3 Å². The molecule has 0 bridgehead atoms. The molecule has 1 amide bonds. The quantitative estimate of drug-likeness (QED) is 0.886. The second kappa shape index (κ2) is 7.43. The summed E-state index contributed by atoms with van der Waals surface area (Å²) in [5.74, 6) is 0.918. The Morgan fingerprint density at radius 3 is 2.95 bits per heavy atom. The number of aryl methyl sites for hydroxylation is 1. The van der Waals surface area contributed by atoms with Gasteiger partial charge in [-0.2, -0.15) is 0 Å². The number of rotatable bonds is 5. The number of morpholine rings is 1. The molecule has 1 saturated heterocycles. The minimum absolute atomic E-state index is 0.0515. The van der Waals surface area contributed by atoms with Gasteiger partial charge in [-0.1, -0.05) is 18.2 Å². The minimum atomic E-state index is -0.262. The molecule has 116 valence electrons. The SMILES string of the molecule is Cc1ccccc1OCCN(C)C(=O)[C@H]1NCCO[C@@H]1C. The van der Waals surface area contributed by atoms with Crippen LogP contribution in [0.4, 0.5) is 0 Å². The van der Waals surface area contributed by atoms with Crippen molar-refractivity contribution < 1.29 is 14.3 Å². The van der Waals surface area contributed by atoms with Crippen molar-refractivity contribution in [2.75, 3.05) is 33.4 Å². The fourth-order valence-corrected chi connectivity index (χ4v) is 2.37. The number of carbonyl (C=O) groups is 1. The smallest absolute Gasteiger partial charge is 0.242 e. The van der Waals surface area contributed by atoms with Gasteiger partial charge in [0.05, 0.1) is 19.3 Å². The normalized spacial score (nSPS) is 21.9. The third-order valence-corrected chi connectivity index (χ3v) is 3.74. The van der Waals surface area contributed by atoms with Gasteiger partial charge in [-0.3, -0.25) is 4.79 Å². The molecule has 0 saturated carbocycles. The van der Waals surface area contributed by atoms with Crippen molar-refractivity contribution in [3.63, 3.8) is 0 Å². The van der Waals surface area contributed by atoms with Crippen LogP contribution in [0.25, 0.3) is 0 Å². The molecule has 0 radical (unpaired) electrons. The number of ether oxygens (including phenoxy) is 2. The summed E-state index contributed by atoms with van der Waals surface area (Å²) in [6.07, 6.45) is -0.0917. The summed E-state index contributed by atoms with van der Waals surface area (Å²) in [5, 5.41) is 3.21. The summed E-state index contributed by atoms with van der Waals surface area (Å²) in [6, 6.07) is 7.61. The number of para-hydroxylation sites is 1. The molecule has 0 aliphatic carbocycles. The van der Waals surface area contributed by atoms with Crippen molar-refractivity contribution in [2.24, 2.45) is 0 Å². The van der Waals surface area contributed by atoms with Crippen LogP contribution in [-0.2, 0) is 9.53 Å². The molecule has 1 heterocycles. The summed E-state index contributed by atoms with van der Waals surface area (Å²) in [4.78, 5) is 14.0. The number of hydrogen-bond donors (Lipinski definition) is 1. The van der Waals surface area contributed by atoms with E-state index in [4.69, 9.17) is 9.47 Å². The van der Waals surface area contributed by atoms with E-state index >= 15 is 0 Å². The fourth-order valence-electron chi connectivity index (χ4n) is 2.37. The zero-order valence-electron chi connectivity index (χ0n) is 13.0. The Bertz CT molecular complexity index is 478. The average Bonchev–Trinajstić information content (AvgIpc) is 2.49. The van der Waals surface area contributed by atoms with Gasteiger partial charge in [0, 0.05) is 13.6 Å². The van der Waals surface area contributed by atoms with E-state index in [1.54, 1.807) is 11.9 Å². The molecule has 1 fully saturated rings. The van der Waals surface area contributed by atoms with E-state index in [0.717, 1.165) is 11.3 Å². The lowest BCUT2D eigenvalue weighted by atomic mass is 10.1. The predicted octanol–water partition coefficient (Wildman–Crippen LogP) is 1.21. The van der Waals surface area contributed by atoms with Gasteiger partial charge >= 0.3 is 0 Å². The highest BCUT2D eigenvalue weighted by Crippen LogP contribution is 2.16. The van der Waals surface area contributed by atoms with Crippen LogP contribution in [-0.4, -0.2) is 56.3 Å². The van der Waals surface area contributed by atoms with Crippen LogP contribution in [0.2, 0.25) is 0 Å². The van der Waals surface area contributed by atoms with Gasteiger partial charge in [0.15, 0.2) is 0 Å². The number of nitrogens with zero attached hydrogens (tertiary/aromatic N) is 1. The van der Waals surface area contributed by atoms with Gasteiger partial charge in [0.2, 0.25) is 5.91 Å². The first-order chi connectivity index (χ1) is 10.1. The maximum atomic E-state index is 12.3. The zero-order valence-corrected chi connectivity index (χ0v) is 13.0.